The van der Waals surface area contributed by atoms with Crippen molar-refractivity contribution in [3.63, 3.8) is 0 Å². The van der Waals surface area contributed by atoms with Gasteiger partial charge < -0.3 is 9.84 Å². The second-order valence-electron chi connectivity index (χ2n) is 3.86. The van der Waals surface area contributed by atoms with Gasteiger partial charge in [-0.3, -0.25) is 0 Å². The Morgan fingerprint density at radius 3 is 2.57 bits per heavy atom. The SMILES string of the molecule is OCC(OCC1CC1)c1ccccc1. The number of aliphatic hydroxyl groups is 1. The van der Waals surface area contributed by atoms with Crippen molar-refractivity contribution in [3.05, 3.63) is 35.9 Å². The second kappa shape index (κ2) is 4.58. The molecule has 2 rings (SSSR count). The first-order chi connectivity index (χ1) is 6.90. The molecule has 0 amide bonds. The lowest BCUT2D eigenvalue weighted by molar-refractivity contribution is 0.00627. The van der Waals surface area contributed by atoms with E-state index in [1.54, 1.807) is 0 Å². The molecule has 76 valence electrons. The van der Waals surface area contributed by atoms with Crippen molar-refractivity contribution in [1.29, 1.82) is 0 Å². The number of hydrogen-bond donors (Lipinski definition) is 1. The minimum atomic E-state index is -0.142. The Morgan fingerprint density at radius 2 is 2.00 bits per heavy atom. The van der Waals surface area contributed by atoms with Crippen LogP contribution in [0.1, 0.15) is 24.5 Å². The summed E-state index contributed by atoms with van der Waals surface area (Å²) in [6, 6.07) is 9.90. The van der Waals surface area contributed by atoms with E-state index in [2.05, 4.69) is 0 Å². The van der Waals surface area contributed by atoms with Gasteiger partial charge in [0.2, 0.25) is 0 Å². The van der Waals surface area contributed by atoms with E-state index in [1.165, 1.54) is 12.8 Å². The van der Waals surface area contributed by atoms with Crippen LogP contribution in [0.3, 0.4) is 0 Å². The van der Waals surface area contributed by atoms with Gasteiger partial charge in [-0.15, -0.1) is 0 Å². The molecule has 0 aromatic heterocycles. The Labute approximate surface area is 84.5 Å². The van der Waals surface area contributed by atoms with Gasteiger partial charge in [0.1, 0.15) is 6.10 Å². The topological polar surface area (TPSA) is 29.5 Å². The zero-order valence-electron chi connectivity index (χ0n) is 8.23. The van der Waals surface area contributed by atoms with Crippen LogP contribution in [-0.4, -0.2) is 18.3 Å². The van der Waals surface area contributed by atoms with Gasteiger partial charge in [0.05, 0.1) is 13.2 Å². The van der Waals surface area contributed by atoms with Gasteiger partial charge in [0.15, 0.2) is 0 Å². The van der Waals surface area contributed by atoms with Crippen molar-refractivity contribution in [2.75, 3.05) is 13.2 Å². The molecule has 1 unspecified atom stereocenters. The predicted octanol–water partition coefficient (Wildman–Crippen LogP) is 2.15. The third-order valence-electron chi connectivity index (χ3n) is 2.57. The van der Waals surface area contributed by atoms with E-state index in [9.17, 15) is 5.11 Å². The lowest BCUT2D eigenvalue weighted by atomic mass is 10.1. The van der Waals surface area contributed by atoms with Crippen molar-refractivity contribution >= 4 is 0 Å². The largest absolute Gasteiger partial charge is 0.393 e. The fourth-order valence-electron chi connectivity index (χ4n) is 1.46. The minimum Gasteiger partial charge on any atom is -0.393 e. The number of ether oxygens (including phenoxy) is 1. The highest BCUT2D eigenvalue weighted by atomic mass is 16.5. The fourth-order valence-corrected chi connectivity index (χ4v) is 1.46. The van der Waals surface area contributed by atoms with E-state index in [1.807, 2.05) is 30.3 Å². The van der Waals surface area contributed by atoms with Crippen LogP contribution in [0.4, 0.5) is 0 Å². The van der Waals surface area contributed by atoms with Gasteiger partial charge in [-0.05, 0) is 24.3 Å². The van der Waals surface area contributed by atoms with Crippen molar-refractivity contribution in [2.24, 2.45) is 5.92 Å². The molecule has 1 fully saturated rings. The summed E-state index contributed by atoms with van der Waals surface area (Å²) in [5.74, 6) is 0.743. The molecule has 1 saturated carbocycles. The van der Waals surface area contributed by atoms with Crippen LogP contribution < -0.4 is 0 Å². The molecule has 0 bridgehead atoms. The van der Waals surface area contributed by atoms with Crippen LogP contribution in [0.5, 0.6) is 0 Å². The molecule has 0 radical (unpaired) electrons. The molecule has 1 aromatic carbocycles. The molecule has 1 aromatic rings. The van der Waals surface area contributed by atoms with Gasteiger partial charge >= 0.3 is 0 Å². The minimum absolute atomic E-state index is 0.0662. The van der Waals surface area contributed by atoms with E-state index >= 15 is 0 Å². The maximum Gasteiger partial charge on any atom is 0.106 e. The van der Waals surface area contributed by atoms with E-state index in [0.29, 0.717) is 0 Å². The summed E-state index contributed by atoms with van der Waals surface area (Å²) < 4.78 is 5.65. The quantitative estimate of drug-likeness (QED) is 0.774. The second-order valence-corrected chi connectivity index (χ2v) is 3.86. The summed E-state index contributed by atoms with van der Waals surface area (Å²) in [4.78, 5) is 0. The Bertz CT molecular complexity index is 267. The van der Waals surface area contributed by atoms with Crippen molar-refractivity contribution in [3.8, 4) is 0 Å². The first-order valence-electron chi connectivity index (χ1n) is 5.17. The first kappa shape index (κ1) is 9.69. The van der Waals surface area contributed by atoms with Crippen LogP contribution in [0.15, 0.2) is 30.3 Å². The number of hydrogen-bond acceptors (Lipinski definition) is 2. The molecule has 0 spiro atoms. The molecule has 14 heavy (non-hydrogen) atoms. The van der Waals surface area contributed by atoms with Gasteiger partial charge in [-0.25, -0.2) is 0 Å². The summed E-state index contributed by atoms with van der Waals surface area (Å²) in [6.07, 6.45) is 2.43. The predicted molar refractivity (Wildman–Crippen MR) is 54.9 cm³/mol. The van der Waals surface area contributed by atoms with Gasteiger partial charge in [0.25, 0.3) is 0 Å². The van der Waals surface area contributed by atoms with Crippen LogP contribution >= 0.6 is 0 Å². The average Bonchev–Trinajstić information content (AvgIpc) is 3.04. The summed E-state index contributed by atoms with van der Waals surface area (Å²) in [7, 11) is 0. The molecule has 1 N–H and O–H groups in total. The van der Waals surface area contributed by atoms with Gasteiger partial charge in [0, 0.05) is 0 Å². The van der Waals surface area contributed by atoms with E-state index in [0.717, 1.165) is 18.1 Å². The summed E-state index contributed by atoms with van der Waals surface area (Å²) >= 11 is 0. The first-order valence-corrected chi connectivity index (χ1v) is 5.17. The molecule has 2 nitrogen and oxygen atoms in total. The maximum absolute atomic E-state index is 9.19. The number of benzene rings is 1. The lowest BCUT2D eigenvalue weighted by Gasteiger charge is -2.15. The zero-order valence-corrected chi connectivity index (χ0v) is 8.23. The highest BCUT2D eigenvalue weighted by molar-refractivity contribution is 5.17. The Hall–Kier alpha value is -0.860. The summed E-state index contributed by atoms with van der Waals surface area (Å²) in [5.41, 5.74) is 1.07. The van der Waals surface area contributed by atoms with Gasteiger partial charge in [-0.2, -0.15) is 0 Å². The number of aliphatic hydroxyl groups excluding tert-OH is 1. The highest BCUT2D eigenvalue weighted by Crippen LogP contribution is 2.30. The molecule has 1 aliphatic carbocycles. The molecular formula is C12H16O2. The smallest absolute Gasteiger partial charge is 0.106 e. The monoisotopic (exact) mass is 192 g/mol. The molecule has 1 aliphatic rings. The third-order valence-corrected chi connectivity index (χ3v) is 2.57. The van der Waals surface area contributed by atoms with Crippen molar-refractivity contribution in [2.45, 2.75) is 18.9 Å². The Balaban J connectivity index is 1.90. The van der Waals surface area contributed by atoms with E-state index < -0.39 is 0 Å². The standard InChI is InChI=1S/C12H16O2/c13-8-12(14-9-10-6-7-10)11-4-2-1-3-5-11/h1-5,10,12-13H,6-9H2. The summed E-state index contributed by atoms with van der Waals surface area (Å²) in [6.45, 7) is 0.858. The molecule has 2 heteroatoms. The molecule has 0 heterocycles. The fraction of sp³-hybridized carbons (Fsp3) is 0.500. The molecular weight excluding hydrogens is 176 g/mol. The van der Waals surface area contributed by atoms with Gasteiger partial charge in [-0.1, -0.05) is 30.3 Å². The van der Waals surface area contributed by atoms with E-state index in [4.69, 9.17) is 4.74 Å². The maximum atomic E-state index is 9.19. The van der Waals surface area contributed by atoms with Crippen molar-refractivity contribution < 1.29 is 9.84 Å². The highest BCUT2D eigenvalue weighted by Gasteiger charge is 2.23. The van der Waals surface area contributed by atoms with E-state index in [-0.39, 0.29) is 12.7 Å². The molecule has 0 aliphatic heterocycles. The lowest BCUT2D eigenvalue weighted by Crippen LogP contribution is -2.10. The Morgan fingerprint density at radius 1 is 1.29 bits per heavy atom. The Kier molecular flexibility index (Phi) is 3.17. The van der Waals surface area contributed by atoms with Crippen molar-refractivity contribution in [1.82, 2.24) is 0 Å². The average molecular weight is 192 g/mol. The molecule has 0 saturated heterocycles. The van der Waals surface area contributed by atoms with Crippen LogP contribution in [0.2, 0.25) is 0 Å². The van der Waals surface area contributed by atoms with Crippen LogP contribution in [0.25, 0.3) is 0 Å². The number of rotatable bonds is 5. The third kappa shape index (κ3) is 2.56. The molecule has 1 atom stereocenters. The zero-order chi connectivity index (χ0) is 9.80. The van der Waals surface area contributed by atoms with Crippen LogP contribution in [-0.2, 0) is 4.74 Å². The summed E-state index contributed by atoms with van der Waals surface area (Å²) in [5, 5.41) is 9.19. The normalized spacial score (nSPS) is 18.1. The van der Waals surface area contributed by atoms with Crippen LogP contribution in [0, 0.1) is 5.92 Å².